The summed E-state index contributed by atoms with van der Waals surface area (Å²) in [6.45, 7) is 2.09. The maximum absolute atomic E-state index is 12.2. The van der Waals surface area contributed by atoms with Crippen LogP contribution in [0.5, 0.6) is 0 Å². The second-order valence-corrected chi connectivity index (χ2v) is 6.85. The SMILES string of the molecule is CCc1ccc(C(=O)CCC(=O)NC2CC3CCC(C2)N3)cc1.Cl. The van der Waals surface area contributed by atoms with E-state index >= 15 is 0 Å². The topological polar surface area (TPSA) is 58.2 Å². The Balaban J connectivity index is 0.00000208. The van der Waals surface area contributed by atoms with Crippen molar-refractivity contribution in [1.29, 1.82) is 0 Å². The Morgan fingerprint density at radius 2 is 1.71 bits per heavy atom. The van der Waals surface area contributed by atoms with Gasteiger partial charge in [0.25, 0.3) is 0 Å². The molecular formula is C19H27ClN2O2. The number of rotatable bonds is 6. The fraction of sp³-hybridized carbons (Fsp3) is 0.579. The van der Waals surface area contributed by atoms with E-state index in [2.05, 4.69) is 17.6 Å². The van der Waals surface area contributed by atoms with Crippen LogP contribution in [0.3, 0.4) is 0 Å². The minimum absolute atomic E-state index is 0. The smallest absolute Gasteiger partial charge is 0.220 e. The summed E-state index contributed by atoms with van der Waals surface area (Å²) in [5, 5.41) is 6.68. The summed E-state index contributed by atoms with van der Waals surface area (Å²) in [6.07, 6.45) is 6.04. The first-order chi connectivity index (χ1) is 11.1. The molecule has 2 fully saturated rings. The van der Waals surface area contributed by atoms with Gasteiger partial charge in [-0.2, -0.15) is 0 Å². The van der Waals surface area contributed by atoms with Gasteiger partial charge >= 0.3 is 0 Å². The number of ketones is 1. The van der Waals surface area contributed by atoms with Crippen molar-refractivity contribution in [2.24, 2.45) is 0 Å². The van der Waals surface area contributed by atoms with Gasteiger partial charge in [-0.15, -0.1) is 12.4 Å². The molecule has 1 amide bonds. The van der Waals surface area contributed by atoms with E-state index in [4.69, 9.17) is 0 Å². The molecule has 2 bridgehead atoms. The molecule has 4 nitrogen and oxygen atoms in total. The first-order valence-electron chi connectivity index (χ1n) is 8.81. The Morgan fingerprint density at radius 3 is 2.29 bits per heavy atom. The number of carbonyl (C=O) groups excluding carboxylic acids is 2. The number of halogens is 1. The van der Waals surface area contributed by atoms with Gasteiger partial charge < -0.3 is 10.6 Å². The first kappa shape index (κ1) is 18.9. The summed E-state index contributed by atoms with van der Waals surface area (Å²) in [5.41, 5.74) is 1.93. The lowest BCUT2D eigenvalue weighted by molar-refractivity contribution is -0.122. The van der Waals surface area contributed by atoms with Crippen molar-refractivity contribution in [2.75, 3.05) is 0 Å². The van der Waals surface area contributed by atoms with Crippen LogP contribution in [0, 0.1) is 0 Å². The quantitative estimate of drug-likeness (QED) is 0.775. The van der Waals surface area contributed by atoms with Crippen LogP contribution in [-0.2, 0) is 11.2 Å². The Bertz CT molecular complexity index is 561. The molecule has 132 valence electrons. The maximum atomic E-state index is 12.2. The molecule has 2 unspecified atom stereocenters. The van der Waals surface area contributed by atoms with Crippen LogP contribution in [0.1, 0.15) is 61.4 Å². The van der Waals surface area contributed by atoms with Crippen LogP contribution in [0.2, 0.25) is 0 Å². The van der Waals surface area contributed by atoms with Crippen molar-refractivity contribution < 1.29 is 9.59 Å². The van der Waals surface area contributed by atoms with E-state index < -0.39 is 0 Å². The summed E-state index contributed by atoms with van der Waals surface area (Å²) in [6, 6.07) is 9.11. The number of hydrogen-bond donors (Lipinski definition) is 2. The standard InChI is InChI=1S/C19H26N2O2.ClH/c1-2-13-3-5-14(6-4-13)18(22)9-10-19(23)21-17-11-15-7-8-16(12-17)20-15;/h3-6,15-17,20H,2,7-12H2,1H3,(H,21,23);1H. The van der Waals surface area contributed by atoms with E-state index in [1.807, 2.05) is 24.3 Å². The molecule has 2 heterocycles. The van der Waals surface area contributed by atoms with Gasteiger partial charge in [-0.25, -0.2) is 0 Å². The molecule has 2 saturated heterocycles. The van der Waals surface area contributed by atoms with Gasteiger partial charge in [0.05, 0.1) is 0 Å². The van der Waals surface area contributed by atoms with Gasteiger partial charge in [-0.05, 0) is 37.7 Å². The number of Topliss-reactive ketones (excluding diaryl/α,β-unsaturated/α-hetero) is 1. The molecule has 5 heteroatoms. The molecule has 2 N–H and O–H groups in total. The van der Waals surface area contributed by atoms with E-state index in [9.17, 15) is 9.59 Å². The molecular weight excluding hydrogens is 324 g/mol. The molecule has 0 radical (unpaired) electrons. The second-order valence-electron chi connectivity index (χ2n) is 6.85. The lowest BCUT2D eigenvalue weighted by Gasteiger charge is -2.29. The highest BCUT2D eigenvalue weighted by atomic mass is 35.5. The molecule has 0 saturated carbocycles. The van der Waals surface area contributed by atoms with Crippen molar-refractivity contribution >= 4 is 24.1 Å². The number of nitrogens with one attached hydrogen (secondary N) is 2. The monoisotopic (exact) mass is 350 g/mol. The summed E-state index contributed by atoms with van der Waals surface area (Å²) >= 11 is 0. The molecule has 0 spiro atoms. The van der Waals surface area contributed by atoms with Crippen LogP contribution in [-0.4, -0.2) is 29.8 Å². The van der Waals surface area contributed by atoms with Crippen LogP contribution in [0.15, 0.2) is 24.3 Å². The zero-order valence-corrected chi connectivity index (χ0v) is 15.0. The predicted octanol–water partition coefficient (Wildman–Crippen LogP) is 3.03. The van der Waals surface area contributed by atoms with Crippen LogP contribution in [0.25, 0.3) is 0 Å². The normalized spacial score (nSPS) is 25.0. The molecule has 2 aliphatic rings. The number of hydrogen-bond acceptors (Lipinski definition) is 3. The molecule has 1 aromatic carbocycles. The van der Waals surface area contributed by atoms with Gasteiger partial charge in [0.2, 0.25) is 5.91 Å². The lowest BCUT2D eigenvalue weighted by atomic mass is 9.99. The molecule has 0 aliphatic carbocycles. The number of piperidine rings is 1. The summed E-state index contributed by atoms with van der Waals surface area (Å²) < 4.78 is 0. The lowest BCUT2D eigenvalue weighted by Crippen LogP contribution is -2.48. The number of amides is 1. The third-order valence-corrected chi connectivity index (χ3v) is 5.10. The maximum Gasteiger partial charge on any atom is 0.220 e. The van der Waals surface area contributed by atoms with Crippen LogP contribution >= 0.6 is 12.4 Å². The molecule has 3 rings (SSSR count). The summed E-state index contributed by atoms with van der Waals surface area (Å²) in [4.78, 5) is 24.3. The zero-order valence-electron chi connectivity index (χ0n) is 14.2. The molecule has 2 aliphatic heterocycles. The Kier molecular flexibility index (Phi) is 6.81. The van der Waals surface area contributed by atoms with E-state index in [0.717, 1.165) is 19.3 Å². The van der Waals surface area contributed by atoms with Gasteiger partial charge in [0.15, 0.2) is 5.78 Å². The van der Waals surface area contributed by atoms with Crippen LogP contribution < -0.4 is 10.6 Å². The fourth-order valence-corrected chi connectivity index (χ4v) is 3.77. The van der Waals surface area contributed by atoms with Gasteiger partial charge in [0, 0.05) is 36.5 Å². The first-order valence-corrected chi connectivity index (χ1v) is 8.81. The Labute approximate surface area is 150 Å². The molecule has 1 aromatic rings. The number of carbonyl (C=O) groups is 2. The Hall–Kier alpha value is -1.39. The second kappa shape index (κ2) is 8.63. The third-order valence-electron chi connectivity index (χ3n) is 5.10. The molecule has 24 heavy (non-hydrogen) atoms. The van der Waals surface area contributed by atoms with Crippen molar-refractivity contribution in [3.8, 4) is 0 Å². The summed E-state index contributed by atoms with van der Waals surface area (Å²) in [7, 11) is 0. The largest absolute Gasteiger partial charge is 0.353 e. The summed E-state index contributed by atoms with van der Waals surface area (Å²) in [5.74, 6) is 0.0583. The minimum Gasteiger partial charge on any atom is -0.353 e. The van der Waals surface area contributed by atoms with Gasteiger partial charge in [0.1, 0.15) is 0 Å². The molecule has 0 aromatic heterocycles. The highest BCUT2D eigenvalue weighted by molar-refractivity contribution is 5.98. The average molecular weight is 351 g/mol. The van der Waals surface area contributed by atoms with Crippen molar-refractivity contribution in [1.82, 2.24) is 10.6 Å². The number of fused-ring (bicyclic) bond motifs is 2. The van der Waals surface area contributed by atoms with Crippen molar-refractivity contribution in [3.63, 3.8) is 0 Å². The Morgan fingerprint density at radius 1 is 1.08 bits per heavy atom. The third kappa shape index (κ3) is 4.81. The highest BCUT2D eigenvalue weighted by Crippen LogP contribution is 2.26. The van der Waals surface area contributed by atoms with E-state index in [-0.39, 0.29) is 43.0 Å². The highest BCUT2D eigenvalue weighted by Gasteiger charge is 2.33. The van der Waals surface area contributed by atoms with Crippen molar-refractivity contribution in [2.45, 2.75) is 70.0 Å². The van der Waals surface area contributed by atoms with Gasteiger partial charge in [-0.1, -0.05) is 31.2 Å². The number of benzene rings is 1. The minimum atomic E-state index is 0. The molecule has 2 atom stereocenters. The average Bonchev–Trinajstić information content (AvgIpc) is 2.91. The van der Waals surface area contributed by atoms with Crippen LogP contribution in [0.4, 0.5) is 0 Å². The van der Waals surface area contributed by atoms with Gasteiger partial charge in [-0.3, -0.25) is 9.59 Å². The van der Waals surface area contributed by atoms with E-state index in [1.54, 1.807) is 0 Å². The van der Waals surface area contributed by atoms with Crippen molar-refractivity contribution in [3.05, 3.63) is 35.4 Å². The van der Waals surface area contributed by atoms with E-state index in [1.165, 1.54) is 18.4 Å². The van der Waals surface area contributed by atoms with E-state index in [0.29, 0.717) is 17.6 Å². The zero-order chi connectivity index (χ0) is 16.2. The predicted molar refractivity (Wildman–Crippen MR) is 97.7 cm³/mol. The fourth-order valence-electron chi connectivity index (χ4n) is 3.77. The number of aryl methyl sites for hydroxylation is 1.